The van der Waals surface area contributed by atoms with E-state index in [1.807, 2.05) is 12.1 Å². The van der Waals surface area contributed by atoms with Gasteiger partial charge in [0.25, 0.3) is 0 Å². The third kappa shape index (κ3) is 4.06. The average Bonchev–Trinajstić information content (AvgIpc) is 2.46. The second-order valence-electron chi connectivity index (χ2n) is 5.45. The largest absolute Gasteiger partial charge is 0.478 e. The second-order valence-corrected chi connectivity index (χ2v) is 5.45. The van der Waals surface area contributed by atoms with Crippen molar-refractivity contribution in [3.05, 3.63) is 35.4 Å². The molecule has 1 aliphatic heterocycles. The van der Waals surface area contributed by atoms with Gasteiger partial charge in [-0.2, -0.15) is 0 Å². The van der Waals surface area contributed by atoms with E-state index in [-0.39, 0.29) is 0 Å². The van der Waals surface area contributed by atoms with Gasteiger partial charge in [-0.3, -0.25) is 0 Å². The van der Waals surface area contributed by atoms with Gasteiger partial charge in [0.1, 0.15) is 0 Å². The number of piperidine rings is 1. The minimum Gasteiger partial charge on any atom is -0.478 e. The predicted octanol–water partition coefficient (Wildman–Crippen LogP) is 3.05. The van der Waals surface area contributed by atoms with Crippen molar-refractivity contribution in [3.8, 4) is 0 Å². The van der Waals surface area contributed by atoms with E-state index in [2.05, 4.69) is 11.8 Å². The van der Waals surface area contributed by atoms with E-state index in [1.165, 1.54) is 37.9 Å². The highest BCUT2D eigenvalue weighted by atomic mass is 16.4. The highest BCUT2D eigenvalue weighted by molar-refractivity contribution is 5.87. The van der Waals surface area contributed by atoms with E-state index in [1.54, 1.807) is 12.1 Å². The van der Waals surface area contributed by atoms with E-state index in [9.17, 15) is 4.79 Å². The molecule has 1 aromatic rings. The molecular formula is C16H23NO2. The quantitative estimate of drug-likeness (QED) is 0.885. The zero-order valence-electron chi connectivity index (χ0n) is 11.6. The molecule has 0 radical (unpaired) electrons. The number of aromatic carboxylic acids is 1. The SMILES string of the molecule is CCC1CCN(CCc2ccc(C(=O)O)cc2)CC1. The molecular weight excluding hydrogens is 238 g/mol. The van der Waals surface area contributed by atoms with Crippen molar-refractivity contribution in [2.75, 3.05) is 19.6 Å². The maximum atomic E-state index is 10.8. The van der Waals surface area contributed by atoms with Crippen molar-refractivity contribution in [1.82, 2.24) is 4.90 Å². The van der Waals surface area contributed by atoms with Crippen LogP contribution >= 0.6 is 0 Å². The Hall–Kier alpha value is -1.35. The highest BCUT2D eigenvalue weighted by Crippen LogP contribution is 2.20. The molecule has 19 heavy (non-hydrogen) atoms. The minimum atomic E-state index is -0.854. The van der Waals surface area contributed by atoms with E-state index >= 15 is 0 Å². The lowest BCUT2D eigenvalue weighted by Gasteiger charge is -2.31. The summed E-state index contributed by atoms with van der Waals surface area (Å²) in [5.41, 5.74) is 1.59. The molecule has 1 fully saturated rings. The molecule has 0 aliphatic carbocycles. The fourth-order valence-corrected chi connectivity index (χ4v) is 2.72. The van der Waals surface area contributed by atoms with E-state index < -0.39 is 5.97 Å². The van der Waals surface area contributed by atoms with Gasteiger partial charge in [-0.05, 0) is 56.0 Å². The molecule has 1 aromatic carbocycles. The zero-order chi connectivity index (χ0) is 13.7. The summed E-state index contributed by atoms with van der Waals surface area (Å²) in [6.45, 7) is 5.80. The van der Waals surface area contributed by atoms with Crippen LogP contribution in [0.1, 0.15) is 42.1 Å². The van der Waals surface area contributed by atoms with Gasteiger partial charge in [-0.25, -0.2) is 4.79 Å². The van der Waals surface area contributed by atoms with Gasteiger partial charge >= 0.3 is 5.97 Å². The van der Waals surface area contributed by atoms with Gasteiger partial charge in [0.05, 0.1) is 5.56 Å². The van der Waals surface area contributed by atoms with Crippen molar-refractivity contribution >= 4 is 5.97 Å². The normalized spacial score (nSPS) is 17.5. The molecule has 2 rings (SSSR count). The predicted molar refractivity (Wildman–Crippen MR) is 76.6 cm³/mol. The van der Waals surface area contributed by atoms with Crippen molar-refractivity contribution in [1.29, 1.82) is 0 Å². The first-order valence-electron chi connectivity index (χ1n) is 7.23. The number of hydrogen-bond donors (Lipinski definition) is 1. The first kappa shape index (κ1) is 14.1. The molecule has 1 aliphatic rings. The van der Waals surface area contributed by atoms with Crippen molar-refractivity contribution < 1.29 is 9.90 Å². The molecule has 0 bridgehead atoms. The van der Waals surface area contributed by atoms with Crippen LogP contribution in [0.25, 0.3) is 0 Å². The van der Waals surface area contributed by atoms with Gasteiger partial charge in [-0.15, -0.1) is 0 Å². The first-order chi connectivity index (χ1) is 9.19. The van der Waals surface area contributed by atoms with Crippen molar-refractivity contribution in [2.24, 2.45) is 5.92 Å². The number of benzene rings is 1. The van der Waals surface area contributed by atoms with Gasteiger partial charge in [0.2, 0.25) is 0 Å². The molecule has 0 spiro atoms. The number of nitrogens with zero attached hydrogens (tertiary/aromatic N) is 1. The molecule has 0 aromatic heterocycles. The first-order valence-corrected chi connectivity index (χ1v) is 7.23. The number of carbonyl (C=O) groups is 1. The minimum absolute atomic E-state index is 0.368. The van der Waals surface area contributed by atoms with Gasteiger partial charge in [0, 0.05) is 6.54 Å². The number of rotatable bonds is 5. The lowest BCUT2D eigenvalue weighted by molar-refractivity contribution is 0.0697. The summed E-state index contributed by atoms with van der Waals surface area (Å²) in [6, 6.07) is 7.26. The Morgan fingerprint density at radius 2 is 1.89 bits per heavy atom. The van der Waals surface area contributed by atoms with Crippen LogP contribution in [0.4, 0.5) is 0 Å². The number of hydrogen-bond acceptors (Lipinski definition) is 2. The molecule has 0 saturated carbocycles. The van der Waals surface area contributed by atoms with Gasteiger partial charge < -0.3 is 10.0 Å². The standard InChI is InChI=1S/C16H23NO2/c1-2-13-7-10-17(11-8-13)12-9-14-3-5-15(6-4-14)16(18)19/h3-6,13H,2,7-12H2,1H3,(H,18,19). The summed E-state index contributed by atoms with van der Waals surface area (Å²) < 4.78 is 0. The Kier molecular flexibility index (Phi) is 4.97. The van der Waals surface area contributed by atoms with Crippen LogP contribution in [0.3, 0.4) is 0 Å². The Morgan fingerprint density at radius 1 is 1.26 bits per heavy atom. The third-order valence-corrected chi connectivity index (χ3v) is 4.20. The van der Waals surface area contributed by atoms with Crippen LogP contribution < -0.4 is 0 Å². The van der Waals surface area contributed by atoms with Crippen LogP contribution in [-0.2, 0) is 6.42 Å². The third-order valence-electron chi connectivity index (χ3n) is 4.20. The fourth-order valence-electron chi connectivity index (χ4n) is 2.72. The summed E-state index contributed by atoms with van der Waals surface area (Å²) in [5, 5.41) is 8.85. The molecule has 104 valence electrons. The fraction of sp³-hybridized carbons (Fsp3) is 0.562. The topological polar surface area (TPSA) is 40.5 Å². The molecule has 3 nitrogen and oxygen atoms in total. The molecule has 1 saturated heterocycles. The maximum Gasteiger partial charge on any atom is 0.335 e. The van der Waals surface area contributed by atoms with Crippen molar-refractivity contribution in [2.45, 2.75) is 32.6 Å². The molecule has 1 N–H and O–H groups in total. The van der Waals surface area contributed by atoms with Crippen molar-refractivity contribution in [3.63, 3.8) is 0 Å². The van der Waals surface area contributed by atoms with Crippen LogP contribution in [0.2, 0.25) is 0 Å². The van der Waals surface area contributed by atoms with Crippen LogP contribution in [0.15, 0.2) is 24.3 Å². The Morgan fingerprint density at radius 3 is 2.42 bits per heavy atom. The van der Waals surface area contributed by atoms with Crippen LogP contribution in [0.5, 0.6) is 0 Å². The smallest absolute Gasteiger partial charge is 0.335 e. The summed E-state index contributed by atoms with van der Waals surface area (Å²) in [6.07, 6.45) is 4.98. The Balaban J connectivity index is 1.78. The van der Waals surface area contributed by atoms with Crippen LogP contribution in [-0.4, -0.2) is 35.6 Å². The van der Waals surface area contributed by atoms with Gasteiger partial charge in [-0.1, -0.05) is 25.5 Å². The molecule has 3 heteroatoms. The van der Waals surface area contributed by atoms with Crippen LogP contribution in [0, 0.1) is 5.92 Å². The second kappa shape index (κ2) is 6.71. The Bertz CT molecular complexity index is 405. The summed E-state index contributed by atoms with van der Waals surface area (Å²) in [5.74, 6) is 0.0688. The number of likely N-dealkylation sites (tertiary alicyclic amines) is 1. The molecule has 0 atom stereocenters. The highest BCUT2D eigenvalue weighted by Gasteiger charge is 2.17. The lowest BCUT2D eigenvalue weighted by atomic mass is 9.94. The number of carboxylic acids is 1. The van der Waals surface area contributed by atoms with E-state index in [0.29, 0.717) is 5.56 Å². The van der Waals surface area contributed by atoms with E-state index in [4.69, 9.17) is 5.11 Å². The molecule has 0 unspecified atom stereocenters. The average molecular weight is 261 g/mol. The van der Waals surface area contributed by atoms with E-state index in [0.717, 1.165) is 18.9 Å². The maximum absolute atomic E-state index is 10.8. The summed E-state index contributed by atoms with van der Waals surface area (Å²) in [4.78, 5) is 13.3. The zero-order valence-corrected chi connectivity index (χ0v) is 11.6. The molecule has 0 amide bonds. The summed E-state index contributed by atoms with van der Waals surface area (Å²) >= 11 is 0. The molecule has 1 heterocycles. The summed E-state index contributed by atoms with van der Waals surface area (Å²) in [7, 11) is 0. The monoisotopic (exact) mass is 261 g/mol. The Labute approximate surface area is 115 Å². The lowest BCUT2D eigenvalue weighted by Crippen LogP contribution is -2.34. The van der Waals surface area contributed by atoms with Gasteiger partial charge in [0.15, 0.2) is 0 Å². The number of carboxylic acid groups (broad SMARTS) is 1.